The van der Waals surface area contributed by atoms with Gasteiger partial charge in [-0.1, -0.05) is 0 Å². The molecule has 0 unspecified atom stereocenters. The zero-order valence-corrected chi connectivity index (χ0v) is 8.88. The lowest BCUT2D eigenvalue weighted by Gasteiger charge is -2.19. The maximum Gasteiger partial charge on any atom is 0.307 e. The Kier molecular flexibility index (Phi) is 4.92. The Labute approximate surface area is 81.8 Å². The Balaban J connectivity index is 2.15. The van der Waals surface area contributed by atoms with Gasteiger partial charge >= 0.3 is 5.97 Å². The second-order valence-corrected chi connectivity index (χ2v) is 5.45. The maximum atomic E-state index is 11.1. The maximum absolute atomic E-state index is 11.1. The highest BCUT2D eigenvalue weighted by molar-refractivity contribution is 8.17. The summed E-state index contributed by atoms with van der Waals surface area (Å²) in [5.41, 5.74) is 0. The van der Waals surface area contributed by atoms with Crippen LogP contribution in [0.15, 0.2) is 0 Å². The normalized spacial score (nSPS) is 19.1. The van der Waals surface area contributed by atoms with E-state index in [0.29, 0.717) is 17.6 Å². The van der Waals surface area contributed by atoms with Crippen molar-refractivity contribution in [2.45, 2.75) is 24.3 Å². The van der Waals surface area contributed by atoms with Gasteiger partial charge in [-0.15, -0.1) is 23.5 Å². The molecule has 0 radical (unpaired) electrons. The molecular formula is C8H14O2S2. The first-order valence-electron chi connectivity index (χ1n) is 4.21. The number of hydrogen-bond acceptors (Lipinski definition) is 4. The van der Waals surface area contributed by atoms with Gasteiger partial charge in [0.05, 0.1) is 17.6 Å². The molecule has 1 rings (SSSR count). The van der Waals surface area contributed by atoms with E-state index in [-0.39, 0.29) is 5.97 Å². The molecule has 1 aliphatic heterocycles. The molecule has 0 spiro atoms. The van der Waals surface area contributed by atoms with Crippen molar-refractivity contribution in [2.24, 2.45) is 0 Å². The van der Waals surface area contributed by atoms with Crippen LogP contribution >= 0.6 is 23.5 Å². The predicted molar refractivity (Wildman–Crippen MR) is 54.6 cm³/mol. The van der Waals surface area contributed by atoms with Gasteiger partial charge in [-0.2, -0.15) is 0 Å². The van der Waals surface area contributed by atoms with Gasteiger partial charge in [-0.3, -0.25) is 4.79 Å². The van der Waals surface area contributed by atoms with Crippen molar-refractivity contribution in [3.8, 4) is 0 Å². The standard InChI is InChI=1S/C8H14O2S2/c1-2-10-7(9)6-8-11-4-3-5-12-8/h8H,2-6H2,1H3. The number of thioether (sulfide) groups is 2. The molecule has 0 N–H and O–H groups in total. The molecular weight excluding hydrogens is 192 g/mol. The number of carbonyl (C=O) groups is 1. The zero-order valence-electron chi connectivity index (χ0n) is 7.25. The molecule has 0 aromatic rings. The van der Waals surface area contributed by atoms with Crippen LogP contribution in [0.4, 0.5) is 0 Å². The summed E-state index contributed by atoms with van der Waals surface area (Å²) >= 11 is 3.76. The van der Waals surface area contributed by atoms with Gasteiger partial charge in [0.2, 0.25) is 0 Å². The van der Waals surface area contributed by atoms with Crippen molar-refractivity contribution >= 4 is 29.5 Å². The SMILES string of the molecule is CCOC(=O)CC1SCCCS1. The van der Waals surface area contributed by atoms with Gasteiger partial charge in [0.25, 0.3) is 0 Å². The number of carbonyl (C=O) groups excluding carboxylic acids is 1. The lowest BCUT2D eigenvalue weighted by Crippen LogP contribution is -2.14. The van der Waals surface area contributed by atoms with Gasteiger partial charge in [0.15, 0.2) is 0 Å². The van der Waals surface area contributed by atoms with Crippen LogP contribution < -0.4 is 0 Å². The third kappa shape index (κ3) is 3.72. The van der Waals surface area contributed by atoms with Crippen molar-refractivity contribution in [1.82, 2.24) is 0 Å². The summed E-state index contributed by atoms with van der Waals surface area (Å²) in [5.74, 6) is 2.33. The molecule has 0 bridgehead atoms. The highest BCUT2D eigenvalue weighted by Gasteiger charge is 2.18. The van der Waals surface area contributed by atoms with Crippen molar-refractivity contribution in [1.29, 1.82) is 0 Å². The van der Waals surface area contributed by atoms with Crippen LogP contribution in [0.25, 0.3) is 0 Å². The molecule has 70 valence electrons. The van der Waals surface area contributed by atoms with Crippen LogP contribution in [0.5, 0.6) is 0 Å². The van der Waals surface area contributed by atoms with Gasteiger partial charge in [-0.25, -0.2) is 0 Å². The highest BCUT2D eigenvalue weighted by atomic mass is 32.2. The smallest absolute Gasteiger partial charge is 0.307 e. The van der Waals surface area contributed by atoms with E-state index in [2.05, 4.69) is 0 Å². The molecule has 2 nitrogen and oxygen atoms in total. The minimum absolute atomic E-state index is 0.0515. The van der Waals surface area contributed by atoms with E-state index in [0.717, 1.165) is 0 Å². The summed E-state index contributed by atoms with van der Waals surface area (Å²) in [7, 11) is 0. The van der Waals surface area contributed by atoms with E-state index >= 15 is 0 Å². The average molecular weight is 206 g/mol. The molecule has 1 aliphatic rings. The van der Waals surface area contributed by atoms with Crippen LogP contribution in [0.1, 0.15) is 19.8 Å². The van der Waals surface area contributed by atoms with E-state index < -0.39 is 0 Å². The van der Waals surface area contributed by atoms with E-state index in [4.69, 9.17) is 4.74 Å². The number of ether oxygens (including phenoxy) is 1. The molecule has 1 saturated heterocycles. The van der Waals surface area contributed by atoms with Crippen LogP contribution in [0.3, 0.4) is 0 Å². The van der Waals surface area contributed by atoms with E-state index in [1.54, 1.807) is 0 Å². The summed E-state index contributed by atoms with van der Waals surface area (Å²) in [4.78, 5) is 11.1. The topological polar surface area (TPSA) is 26.3 Å². The first kappa shape index (κ1) is 10.3. The Morgan fingerprint density at radius 1 is 1.50 bits per heavy atom. The minimum Gasteiger partial charge on any atom is -0.466 e. The zero-order chi connectivity index (χ0) is 8.81. The molecule has 1 fully saturated rings. The van der Waals surface area contributed by atoms with Crippen LogP contribution in [-0.2, 0) is 9.53 Å². The Morgan fingerprint density at radius 2 is 2.17 bits per heavy atom. The van der Waals surface area contributed by atoms with E-state index in [1.165, 1.54) is 17.9 Å². The molecule has 0 atom stereocenters. The third-order valence-corrected chi connectivity index (χ3v) is 4.48. The summed E-state index contributed by atoms with van der Waals surface area (Å²) in [6.07, 6.45) is 1.85. The average Bonchev–Trinajstić information content (AvgIpc) is 2.06. The number of hydrogen-bond donors (Lipinski definition) is 0. The summed E-state index contributed by atoms with van der Waals surface area (Å²) in [5, 5.41) is 0. The largest absolute Gasteiger partial charge is 0.466 e. The Bertz CT molecular complexity index is 144. The predicted octanol–water partition coefficient (Wildman–Crippen LogP) is 2.14. The van der Waals surface area contributed by atoms with Crippen LogP contribution in [0, 0.1) is 0 Å². The molecule has 0 amide bonds. The number of esters is 1. The van der Waals surface area contributed by atoms with E-state index in [9.17, 15) is 4.79 Å². The van der Waals surface area contributed by atoms with Gasteiger partial charge in [-0.05, 0) is 24.9 Å². The molecule has 0 saturated carbocycles. The van der Waals surface area contributed by atoms with Crippen molar-refractivity contribution in [3.63, 3.8) is 0 Å². The van der Waals surface area contributed by atoms with Crippen molar-refractivity contribution in [2.75, 3.05) is 18.1 Å². The molecule has 0 aliphatic carbocycles. The monoisotopic (exact) mass is 206 g/mol. The minimum atomic E-state index is -0.0515. The molecule has 0 aromatic carbocycles. The summed E-state index contributed by atoms with van der Waals surface area (Å²) in [6, 6.07) is 0. The summed E-state index contributed by atoms with van der Waals surface area (Å²) < 4.78 is 5.32. The van der Waals surface area contributed by atoms with Crippen LogP contribution in [-0.4, -0.2) is 28.7 Å². The molecule has 0 aromatic heterocycles. The van der Waals surface area contributed by atoms with Gasteiger partial charge in [0, 0.05) is 0 Å². The fourth-order valence-electron chi connectivity index (χ4n) is 1.01. The highest BCUT2D eigenvalue weighted by Crippen LogP contribution is 2.32. The van der Waals surface area contributed by atoms with Gasteiger partial charge in [0.1, 0.15) is 0 Å². The second kappa shape index (κ2) is 5.75. The van der Waals surface area contributed by atoms with E-state index in [1.807, 2.05) is 30.4 Å². The Hall–Kier alpha value is 0.170. The molecule has 4 heteroatoms. The lowest BCUT2D eigenvalue weighted by atomic mass is 10.5. The first-order chi connectivity index (χ1) is 5.83. The fraction of sp³-hybridized carbons (Fsp3) is 0.875. The van der Waals surface area contributed by atoms with Gasteiger partial charge < -0.3 is 4.74 Å². The van der Waals surface area contributed by atoms with Crippen LogP contribution in [0.2, 0.25) is 0 Å². The first-order valence-corrected chi connectivity index (χ1v) is 6.31. The van der Waals surface area contributed by atoms with Crippen molar-refractivity contribution < 1.29 is 9.53 Å². The second-order valence-electron chi connectivity index (χ2n) is 2.53. The fourth-order valence-corrected chi connectivity index (χ4v) is 3.81. The summed E-state index contributed by atoms with van der Waals surface area (Å²) in [6.45, 7) is 2.35. The molecule has 1 heterocycles. The molecule has 12 heavy (non-hydrogen) atoms. The van der Waals surface area contributed by atoms with Crippen molar-refractivity contribution in [3.05, 3.63) is 0 Å². The lowest BCUT2D eigenvalue weighted by molar-refractivity contribution is -0.142. The third-order valence-electron chi connectivity index (χ3n) is 1.53. The number of rotatable bonds is 3. The Morgan fingerprint density at radius 3 is 2.75 bits per heavy atom. The quantitative estimate of drug-likeness (QED) is 0.661.